The van der Waals surface area contributed by atoms with Gasteiger partial charge in [-0.15, -0.1) is 11.3 Å². The van der Waals surface area contributed by atoms with E-state index in [1.165, 1.54) is 11.3 Å². The quantitative estimate of drug-likeness (QED) is 0.930. The minimum Gasteiger partial charge on any atom is -0.391 e. The van der Waals surface area contributed by atoms with Crippen LogP contribution in [-0.2, 0) is 16.6 Å². The summed E-state index contributed by atoms with van der Waals surface area (Å²) in [5.74, 6) is 0. The zero-order valence-corrected chi connectivity index (χ0v) is 13.1. The van der Waals surface area contributed by atoms with Crippen molar-refractivity contribution in [1.82, 2.24) is 4.31 Å². The molecule has 1 unspecified atom stereocenters. The van der Waals surface area contributed by atoms with Crippen molar-refractivity contribution in [3.05, 3.63) is 15.8 Å². The summed E-state index contributed by atoms with van der Waals surface area (Å²) in [6, 6.07) is 0.101. The number of sulfonamides is 1. The first-order valence-electron chi connectivity index (χ1n) is 6.72. The molecule has 1 saturated heterocycles. The van der Waals surface area contributed by atoms with E-state index in [-0.39, 0.29) is 12.6 Å². The van der Waals surface area contributed by atoms with Crippen molar-refractivity contribution in [2.24, 2.45) is 0 Å². The minimum absolute atomic E-state index is 0.101. The largest absolute Gasteiger partial charge is 0.391 e. The van der Waals surface area contributed by atoms with Crippen LogP contribution in [0.1, 0.15) is 43.0 Å². The second kappa shape index (κ2) is 5.91. The van der Waals surface area contributed by atoms with Crippen LogP contribution in [0.2, 0.25) is 0 Å². The molecule has 2 rings (SSSR count). The second-order valence-electron chi connectivity index (χ2n) is 5.00. The predicted molar refractivity (Wildman–Crippen MR) is 76.8 cm³/mol. The number of hydrogen-bond acceptors (Lipinski definition) is 4. The van der Waals surface area contributed by atoms with E-state index in [9.17, 15) is 13.5 Å². The molecule has 0 bridgehead atoms. The maximum Gasteiger partial charge on any atom is 0.244 e. The Labute approximate surface area is 119 Å². The third kappa shape index (κ3) is 2.72. The molecule has 6 heteroatoms. The first-order chi connectivity index (χ1) is 9.02. The molecule has 19 heavy (non-hydrogen) atoms. The average Bonchev–Trinajstić information content (AvgIpc) is 2.80. The SMILES string of the molecule is CCC1CCCCN1S(=O)(=O)c1c(C)csc1CO. The molecule has 4 nitrogen and oxygen atoms in total. The maximum atomic E-state index is 12.8. The summed E-state index contributed by atoms with van der Waals surface area (Å²) in [6.45, 7) is 4.22. The zero-order valence-electron chi connectivity index (χ0n) is 11.4. The molecule has 1 aliphatic heterocycles. The van der Waals surface area contributed by atoms with Crippen LogP contribution in [0.4, 0.5) is 0 Å². The number of hydrogen-bond donors (Lipinski definition) is 1. The fourth-order valence-electron chi connectivity index (χ4n) is 2.76. The van der Waals surface area contributed by atoms with E-state index in [0.717, 1.165) is 31.2 Å². The molecule has 1 fully saturated rings. The second-order valence-corrected chi connectivity index (χ2v) is 7.79. The Balaban J connectivity index is 2.43. The van der Waals surface area contributed by atoms with E-state index >= 15 is 0 Å². The number of aliphatic hydroxyl groups is 1. The Hall–Kier alpha value is -0.430. The van der Waals surface area contributed by atoms with Crippen molar-refractivity contribution >= 4 is 21.4 Å². The van der Waals surface area contributed by atoms with Gasteiger partial charge < -0.3 is 5.11 Å². The molecule has 1 N–H and O–H groups in total. The lowest BCUT2D eigenvalue weighted by molar-refractivity contribution is 0.245. The highest BCUT2D eigenvalue weighted by atomic mass is 32.2. The number of rotatable bonds is 4. The molecule has 2 heterocycles. The molecule has 1 aromatic rings. The van der Waals surface area contributed by atoms with Crippen LogP contribution in [0.3, 0.4) is 0 Å². The van der Waals surface area contributed by atoms with E-state index in [1.54, 1.807) is 11.2 Å². The van der Waals surface area contributed by atoms with Crippen molar-refractivity contribution in [1.29, 1.82) is 0 Å². The van der Waals surface area contributed by atoms with Crippen molar-refractivity contribution in [3.8, 4) is 0 Å². The molecule has 108 valence electrons. The molecule has 0 radical (unpaired) electrons. The Bertz CT molecular complexity index is 536. The van der Waals surface area contributed by atoms with Gasteiger partial charge in [-0.2, -0.15) is 4.31 Å². The molecule has 0 amide bonds. The van der Waals surface area contributed by atoms with E-state index in [0.29, 0.717) is 16.3 Å². The van der Waals surface area contributed by atoms with E-state index in [2.05, 4.69) is 0 Å². The normalized spacial score (nSPS) is 21.7. The van der Waals surface area contributed by atoms with Crippen molar-refractivity contribution in [3.63, 3.8) is 0 Å². The van der Waals surface area contributed by atoms with Crippen LogP contribution < -0.4 is 0 Å². The van der Waals surface area contributed by atoms with Gasteiger partial charge >= 0.3 is 0 Å². The summed E-state index contributed by atoms with van der Waals surface area (Å²) in [4.78, 5) is 0.887. The Morgan fingerprint density at radius 2 is 2.21 bits per heavy atom. The Kier molecular flexibility index (Phi) is 4.66. The average molecular weight is 303 g/mol. The molecule has 0 aromatic carbocycles. The van der Waals surface area contributed by atoms with Crippen LogP contribution in [-0.4, -0.2) is 30.4 Å². The van der Waals surface area contributed by atoms with Gasteiger partial charge in [0.15, 0.2) is 0 Å². The topological polar surface area (TPSA) is 57.6 Å². The minimum atomic E-state index is -3.47. The lowest BCUT2D eigenvalue weighted by Gasteiger charge is -2.34. The molecular weight excluding hydrogens is 282 g/mol. The molecule has 0 spiro atoms. The third-order valence-corrected chi connectivity index (χ3v) is 7.14. The fraction of sp³-hybridized carbons (Fsp3) is 0.692. The summed E-state index contributed by atoms with van der Waals surface area (Å²) >= 11 is 1.32. The fourth-order valence-corrected chi connectivity index (χ4v) is 6.14. The Morgan fingerprint density at radius 3 is 2.84 bits per heavy atom. The van der Waals surface area contributed by atoms with Crippen LogP contribution in [0, 0.1) is 6.92 Å². The number of piperidine rings is 1. The first kappa shape index (κ1) is 15.0. The summed E-state index contributed by atoms with van der Waals surface area (Å²) in [5, 5.41) is 11.2. The first-order valence-corrected chi connectivity index (χ1v) is 9.04. The summed E-state index contributed by atoms with van der Waals surface area (Å²) in [5.41, 5.74) is 0.745. The standard InChI is InChI=1S/C13H21NO3S2/c1-3-11-6-4-5-7-14(11)19(16,17)13-10(2)9-18-12(13)8-15/h9,11,15H,3-8H2,1-2H3. The third-order valence-electron chi connectivity index (χ3n) is 3.74. The van der Waals surface area contributed by atoms with Gasteiger partial charge in [-0.05, 0) is 37.1 Å². The highest BCUT2D eigenvalue weighted by Crippen LogP contribution is 2.33. The van der Waals surface area contributed by atoms with E-state index in [1.807, 2.05) is 12.3 Å². The molecule has 1 aliphatic rings. The van der Waals surface area contributed by atoms with Crippen LogP contribution in [0.15, 0.2) is 10.3 Å². The monoisotopic (exact) mass is 303 g/mol. The van der Waals surface area contributed by atoms with Crippen molar-refractivity contribution in [2.45, 2.75) is 57.1 Å². The summed E-state index contributed by atoms with van der Waals surface area (Å²) in [7, 11) is -3.47. The van der Waals surface area contributed by atoms with Crippen LogP contribution >= 0.6 is 11.3 Å². The van der Waals surface area contributed by atoms with Gasteiger partial charge in [-0.1, -0.05) is 13.3 Å². The molecule has 0 saturated carbocycles. The highest BCUT2D eigenvalue weighted by molar-refractivity contribution is 7.89. The van der Waals surface area contributed by atoms with Gasteiger partial charge in [0.05, 0.1) is 11.5 Å². The van der Waals surface area contributed by atoms with Crippen LogP contribution in [0.5, 0.6) is 0 Å². The van der Waals surface area contributed by atoms with Gasteiger partial charge in [-0.3, -0.25) is 0 Å². The zero-order chi connectivity index (χ0) is 14.0. The number of aryl methyl sites for hydroxylation is 1. The van der Waals surface area contributed by atoms with Gasteiger partial charge in [-0.25, -0.2) is 8.42 Å². The predicted octanol–water partition coefficient (Wildman–Crippen LogP) is 2.50. The molecule has 1 atom stereocenters. The molecule has 1 aromatic heterocycles. The smallest absolute Gasteiger partial charge is 0.244 e. The number of nitrogens with zero attached hydrogens (tertiary/aromatic N) is 1. The highest BCUT2D eigenvalue weighted by Gasteiger charge is 2.35. The molecular formula is C13H21NO3S2. The van der Waals surface area contributed by atoms with Gasteiger partial charge in [0.1, 0.15) is 4.90 Å². The van der Waals surface area contributed by atoms with Gasteiger partial charge in [0, 0.05) is 12.6 Å². The van der Waals surface area contributed by atoms with Gasteiger partial charge in [0.25, 0.3) is 0 Å². The Morgan fingerprint density at radius 1 is 1.47 bits per heavy atom. The summed E-state index contributed by atoms with van der Waals surface area (Å²) < 4.78 is 27.3. The van der Waals surface area contributed by atoms with Crippen molar-refractivity contribution in [2.75, 3.05) is 6.54 Å². The van der Waals surface area contributed by atoms with Crippen LogP contribution in [0.25, 0.3) is 0 Å². The maximum absolute atomic E-state index is 12.8. The van der Waals surface area contributed by atoms with Gasteiger partial charge in [0.2, 0.25) is 10.0 Å². The number of aliphatic hydroxyl groups excluding tert-OH is 1. The lowest BCUT2D eigenvalue weighted by Crippen LogP contribution is -2.43. The van der Waals surface area contributed by atoms with E-state index < -0.39 is 10.0 Å². The molecule has 0 aliphatic carbocycles. The lowest BCUT2D eigenvalue weighted by atomic mass is 10.0. The number of thiophene rings is 1. The van der Waals surface area contributed by atoms with E-state index in [4.69, 9.17) is 0 Å². The van der Waals surface area contributed by atoms with Crippen molar-refractivity contribution < 1.29 is 13.5 Å². The summed E-state index contributed by atoms with van der Waals surface area (Å²) in [6.07, 6.45) is 3.80.